The SMILES string of the molecule is CC(=O)N1CCC[C@H]1C(=O)NC1CCc2nc(C(C)(C)C)cn2C1. The molecule has 0 saturated carbocycles. The molecule has 0 aliphatic carbocycles. The topological polar surface area (TPSA) is 67.2 Å². The van der Waals surface area contributed by atoms with E-state index in [2.05, 4.69) is 36.9 Å². The predicted octanol–water partition coefficient (Wildman–Crippen LogP) is 1.62. The van der Waals surface area contributed by atoms with Crippen LogP contribution in [0.1, 0.15) is 58.5 Å². The molecule has 24 heavy (non-hydrogen) atoms. The minimum atomic E-state index is -0.295. The van der Waals surface area contributed by atoms with Gasteiger partial charge >= 0.3 is 0 Å². The fraction of sp³-hybridized carbons (Fsp3) is 0.722. The smallest absolute Gasteiger partial charge is 0.243 e. The van der Waals surface area contributed by atoms with Crippen LogP contribution in [-0.4, -0.2) is 44.9 Å². The average Bonchev–Trinajstić information content (AvgIpc) is 3.12. The number of imidazole rings is 1. The van der Waals surface area contributed by atoms with Crippen LogP contribution in [0, 0.1) is 0 Å². The molecule has 2 amide bonds. The quantitative estimate of drug-likeness (QED) is 0.895. The van der Waals surface area contributed by atoms with Crippen LogP contribution in [0.4, 0.5) is 0 Å². The van der Waals surface area contributed by atoms with Gasteiger partial charge in [0, 0.05) is 44.1 Å². The van der Waals surface area contributed by atoms with Gasteiger partial charge in [-0.2, -0.15) is 0 Å². The van der Waals surface area contributed by atoms with Gasteiger partial charge in [0.25, 0.3) is 0 Å². The van der Waals surface area contributed by atoms with Crippen molar-refractivity contribution in [3.8, 4) is 0 Å². The highest BCUT2D eigenvalue weighted by Gasteiger charge is 2.34. The van der Waals surface area contributed by atoms with E-state index in [1.165, 1.54) is 6.92 Å². The van der Waals surface area contributed by atoms with Crippen molar-refractivity contribution in [1.29, 1.82) is 0 Å². The minimum Gasteiger partial charge on any atom is -0.350 e. The maximum Gasteiger partial charge on any atom is 0.243 e. The Bertz CT molecular complexity index is 644. The third-order valence-electron chi connectivity index (χ3n) is 5.07. The zero-order valence-electron chi connectivity index (χ0n) is 15.1. The van der Waals surface area contributed by atoms with Gasteiger partial charge in [0.1, 0.15) is 11.9 Å². The van der Waals surface area contributed by atoms with E-state index in [1.807, 2.05) is 0 Å². The molecule has 1 unspecified atom stereocenters. The highest BCUT2D eigenvalue weighted by atomic mass is 16.2. The number of hydrogen-bond donors (Lipinski definition) is 1. The Kier molecular flexibility index (Phi) is 4.40. The summed E-state index contributed by atoms with van der Waals surface area (Å²) in [7, 11) is 0. The second-order valence-corrected chi connectivity index (χ2v) is 8.06. The Morgan fingerprint density at radius 1 is 1.29 bits per heavy atom. The third kappa shape index (κ3) is 3.32. The average molecular weight is 332 g/mol. The van der Waals surface area contributed by atoms with Gasteiger partial charge in [-0.05, 0) is 19.3 Å². The number of fused-ring (bicyclic) bond motifs is 1. The van der Waals surface area contributed by atoms with E-state index in [1.54, 1.807) is 4.90 Å². The van der Waals surface area contributed by atoms with Gasteiger partial charge in [0.15, 0.2) is 0 Å². The summed E-state index contributed by atoms with van der Waals surface area (Å²) in [6.07, 6.45) is 5.57. The standard InChI is InChI=1S/C18H28N4O2/c1-12(23)22-9-5-6-14(22)17(24)19-13-7-8-16-20-15(18(2,3)4)11-21(16)10-13/h11,13-14H,5-10H2,1-4H3,(H,19,24)/t13?,14-/m0/s1. The van der Waals surface area contributed by atoms with E-state index >= 15 is 0 Å². The molecule has 1 fully saturated rings. The molecule has 2 aliphatic heterocycles. The molecular formula is C18H28N4O2. The zero-order chi connectivity index (χ0) is 17.5. The fourth-order valence-electron chi connectivity index (χ4n) is 3.64. The van der Waals surface area contributed by atoms with Crippen molar-refractivity contribution < 1.29 is 9.59 Å². The van der Waals surface area contributed by atoms with Crippen molar-refractivity contribution in [3.05, 3.63) is 17.7 Å². The Morgan fingerprint density at radius 3 is 2.71 bits per heavy atom. The highest BCUT2D eigenvalue weighted by molar-refractivity contribution is 5.87. The van der Waals surface area contributed by atoms with E-state index in [0.717, 1.165) is 43.7 Å². The van der Waals surface area contributed by atoms with Crippen LogP contribution in [0.25, 0.3) is 0 Å². The molecule has 1 N–H and O–H groups in total. The zero-order valence-corrected chi connectivity index (χ0v) is 15.1. The number of carbonyl (C=O) groups excluding carboxylic acids is 2. The molecule has 0 bridgehead atoms. The van der Waals surface area contributed by atoms with Gasteiger partial charge in [0.05, 0.1) is 5.69 Å². The van der Waals surface area contributed by atoms with Crippen molar-refractivity contribution >= 4 is 11.8 Å². The van der Waals surface area contributed by atoms with Gasteiger partial charge in [-0.3, -0.25) is 9.59 Å². The van der Waals surface area contributed by atoms with Crippen molar-refractivity contribution in [1.82, 2.24) is 19.8 Å². The molecule has 1 aromatic heterocycles. The molecule has 6 heteroatoms. The Labute approximate surface area is 143 Å². The number of likely N-dealkylation sites (tertiary alicyclic amines) is 1. The van der Waals surface area contributed by atoms with Crippen LogP contribution in [0.2, 0.25) is 0 Å². The first kappa shape index (κ1) is 17.0. The van der Waals surface area contributed by atoms with E-state index in [0.29, 0.717) is 6.54 Å². The van der Waals surface area contributed by atoms with Gasteiger partial charge in [-0.15, -0.1) is 0 Å². The van der Waals surface area contributed by atoms with Crippen LogP contribution >= 0.6 is 0 Å². The first-order chi connectivity index (χ1) is 11.3. The Balaban J connectivity index is 1.65. The summed E-state index contributed by atoms with van der Waals surface area (Å²) >= 11 is 0. The van der Waals surface area contributed by atoms with Crippen molar-refractivity contribution in [2.75, 3.05) is 6.54 Å². The molecule has 0 aromatic carbocycles. The first-order valence-electron chi connectivity index (χ1n) is 8.90. The maximum atomic E-state index is 12.6. The van der Waals surface area contributed by atoms with E-state index in [-0.39, 0.29) is 29.3 Å². The number of nitrogens with one attached hydrogen (secondary N) is 1. The summed E-state index contributed by atoms with van der Waals surface area (Å²) in [5.74, 6) is 1.09. The highest BCUT2D eigenvalue weighted by Crippen LogP contribution is 2.25. The van der Waals surface area contributed by atoms with Gasteiger partial charge < -0.3 is 14.8 Å². The lowest BCUT2D eigenvalue weighted by atomic mass is 9.93. The number of nitrogens with zero attached hydrogens (tertiary/aromatic N) is 3. The van der Waals surface area contributed by atoms with Crippen molar-refractivity contribution in [3.63, 3.8) is 0 Å². The lowest BCUT2D eigenvalue weighted by Crippen LogP contribution is -2.50. The molecule has 2 atom stereocenters. The summed E-state index contributed by atoms with van der Waals surface area (Å²) in [4.78, 5) is 30.7. The van der Waals surface area contributed by atoms with Crippen molar-refractivity contribution in [2.24, 2.45) is 0 Å². The number of amides is 2. The number of carbonyl (C=O) groups is 2. The molecular weight excluding hydrogens is 304 g/mol. The summed E-state index contributed by atoms with van der Waals surface area (Å²) in [6, 6.07) is -0.182. The Morgan fingerprint density at radius 2 is 2.04 bits per heavy atom. The van der Waals surface area contributed by atoms with Crippen LogP contribution in [0.3, 0.4) is 0 Å². The Hall–Kier alpha value is -1.85. The van der Waals surface area contributed by atoms with Crippen LogP contribution < -0.4 is 5.32 Å². The van der Waals surface area contributed by atoms with Gasteiger partial charge in [-0.1, -0.05) is 20.8 Å². The lowest BCUT2D eigenvalue weighted by molar-refractivity contribution is -0.137. The molecule has 1 saturated heterocycles. The number of rotatable bonds is 2. The van der Waals surface area contributed by atoms with Crippen molar-refractivity contribution in [2.45, 2.75) is 77.4 Å². The van der Waals surface area contributed by atoms with Crippen LogP contribution in [-0.2, 0) is 28.0 Å². The van der Waals surface area contributed by atoms with E-state index in [4.69, 9.17) is 4.98 Å². The number of hydrogen-bond acceptors (Lipinski definition) is 3. The fourth-order valence-corrected chi connectivity index (χ4v) is 3.64. The molecule has 2 aliphatic rings. The number of aromatic nitrogens is 2. The molecule has 3 rings (SSSR count). The molecule has 0 spiro atoms. The summed E-state index contributed by atoms with van der Waals surface area (Å²) in [5.41, 5.74) is 1.14. The van der Waals surface area contributed by atoms with Gasteiger partial charge in [-0.25, -0.2) is 4.98 Å². The molecule has 132 valence electrons. The second-order valence-electron chi connectivity index (χ2n) is 8.06. The molecule has 6 nitrogen and oxygen atoms in total. The second kappa shape index (κ2) is 6.22. The summed E-state index contributed by atoms with van der Waals surface area (Å²) < 4.78 is 2.17. The van der Waals surface area contributed by atoms with Crippen LogP contribution in [0.15, 0.2) is 6.20 Å². The first-order valence-corrected chi connectivity index (χ1v) is 8.90. The van der Waals surface area contributed by atoms with Gasteiger partial charge in [0.2, 0.25) is 11.8 Å². The summed E-state index contributed by atoms with van der Waals surface area (Å²) in [5, 5.41) is 3.15. The van der Waals surface area contributed by atoms with E-state index in [9.17, 15) is 9.59 Å². The normalized spacial score (nSPS) is 23.9. The molecule has 1 aromatic rings. The number of aryl methyl sites for hydroxylation is 1. The third-order valence-corrected chi connectivity index (χ3v) is 5.07. The summed E-state index contributed by atoms with van der Waals surface area (Å²) in [6.45, 7) is 9.48. The maximum absolute atomic E-state index is 12.6. The predicted molar refractivity (Wildman–Crippen MR) is 91.6 cm³/mol. The largest absolute Gasteiger partial charge is 0.350 e. The monoisotopic (exact) mass is 332 g/mol. The van der Waals surface area contributed by atoms with Crippen LogP contribution in [0.5, 0.6) is 0 Å². The molecule has 3 heterocycles. The van der Waals surface area contributed by atoms with E-state index < -0.39 is 0 Å². The lowest BCUT2D eigenvalue weighted by Gasteiger charge is -2.28. The molecule has 0 radical (unpaired) electrons. The minimum absolute atomic E-state index is 0.00712.